The van der Waals surface area contributed by atoms with Gasteiger partial charge in [0.2, 0.25) is 0 Å². The first-order valence-corrected chi connectivity index (χ1v) is 8.28. The second kappa shape index (κ2) is 10.8. The fraction of sp³-hybridized carbons (Fsp3) is 0.647. The molecule has 0 heterocycles. The first kappa shape index (κ1) is 23.9. The second-order valence-electron chi connectivity index (χ2n) is 6.26. The Hall–Kier alpha value is -3.14. The molecule has 0 radical (unpaired) electrons. The van der Waals surface area contributed by atoms with Gasteiger partial charge >= 0.3 is 23.9 Å². The Morgan fingerprint density at radius 3 is 1.11 bits per heavy atom. The lowest BCUT2D eigenvalue weighted by Gasteiger charge is -2.25. The molecule has 0 fully saturated rings. The Bertz CT molecular complexity index is 575. The van der Waals surface area contributed by atoms with Crippen molar-refractivity contribution >= 4 is 23.9 Å². The van der Waals surface area contributed by atoms with E-state index in [9.17, 15) is 39.6 Å². The van der Waals surface area contributed by atoms with E-state index in [1.54, 1.807) is 12.1 Å². The molecule has 0 aliphatic heterocycles. The quantitative estimate of drug-likeness (QED) is 0.254. The molecule has 0 spiro atoms. The molecule has 0 atom stereocenters. The lowest BCUT2D eigenvalue weighted by atomic mass is 9.76. The van der Waals surface area contributed by atoms with Gasteiger partial charge in [0.25, 0.3) is 0 Å². The van der Waals surface area contributed by atoms with Crippen molar-refractivity contribution in [3.8, 4) is 12.1 Å². The molecule has 0 aliphatic rings. The van der Waals surface area contributed by atoms with Crippen molar-refractivity contribution in [3.63, 3.8) is 0 Å². The van der Waals surface area contributed by atoms with Crippen molar-refractivity contribution in [2.24, 2.45) is 10.8 Å². The number of carboxylic acids is 4. The molecule has 0 unspecified atom stereocenters. The molecule has 10 nitrogen and oxygen atoms in total. The summed E-state index contributed by atoms with van der Waals surface area (Å²) in [5.41, 5.74) is -4.21. The van der Waals surface area contributed by atoms with Crippen LogP contribution < -0.4 is 0 Å². The molecule has 4 N–H and O–H groups in total. The smallest absolute Gasteiger partial charge is 0.321 e. The summed E-state index contributed by atoms with van der Waals surface area (Å²) in [5.74, 6) is -6.20. The molecule has 0 rings (SSSR count). The Kier molecular flexibility index (Phi) is 9.51. The fourth-order valence-corrected chi connectivity index (χ4v) is 2.86. The summed E-state index contributed by atoms with van der Waals surface area (Å²) in [5, 5.41) is 54.3. The molecule has 0 aromatic carbocycles. The zero-order valence-electron chi connectivity index (χ0n) is 14.7. The standard InChI is InChI=1S/C17H22N2O8/c18-10-4-8-16(12(20)21,13(22)23)6-2-1-3-7-17(14(24)25,15(26)27)9-5-11-19/h1-9H2,(H,20,21)(H,22,23)(H,24,25)(H,26,27). The number of hydrogen-bond acceptors (Lipinski definition) is 6. The minimum atomic E-state index is -2.10. The maximum atomic E-state index is 11.4. The van der Waals surface area contributed by atoms with E-state index in [1.807, 2.05) is 0 Å². The van der Waals surface area contributed by atoms with Crippen LogP contribution in [0.15, 0.2) is 0 Å². The van der Waals surface area contributed by atoms with E-state index < -0.39 is 34.7 Å². The van der Waals surface area contributed by atoms with E-state index >= 15 is 0 Å². The number of carboxylic acid groups (broad SMARTS) is 4. The molecule has 0 bridgehead atoms. The highest BCUT2D eigenvalue weighted by Gasteiger charge is 2.47. The van der Waals surface area contributed by atoms with Gasteiger partial charge in [-0.3, -0.25) is 19.2 Å². The van der Waals surface area contributed by atoms with Crippen molar-refractivity contribution in [2.75, 3.05) is 0 Å². The highest BCUT2D eigenvalue weighted by molar-refractivity contribution is 5.98. The number of carbonyl (C=O) groups is 4. The summed E-state index contributed by atoms with van der Waals surface area (Å²) >= 11 is 0. The summed E-state index contributed by atoms with van der Waals surface area (Å²) in [4.78, 5) is 45.6. The Labute approximate surface area is 155 Å². The van der Waals surface area contributed by atoms with Crippen molar-refractivity contribution in [2.45, 2.75) is 57.8 Å². The SMILES string of the molecule is N#CCCC(CCCCCC(CCC#N)(C(=O)O)C(=O)O)(C(=O)O)C(=O)O. The Balaban J connectivity index is 4.97. The van der Waals surface area contributed by atoms with Gasteiger partial charge in [0.15, 0.2) is 10.8 Å². The highest BCUT2D eigenvalue weighted by Crippen LogP contribution is 2.34. The van der Waals surface area contributed by atoms with Gasteiger partial charge in [-0.25, -0.2) is 0 Å². The van der Waals surface area contributed by atoms with Crippen LogP contribution >= 0.6 is 0 Å². The third-order valence-corrected chi connectivity index (χ3v) is 4.67. The summed E-state index contributed by atoms with van der Waals surface area (Å²) in [7, 11) is 0. The lowest BCUT2D eigenvalue weighted by molar-refractivity contribution is -0.167. The summed E-state index contributed by atoms with van der Waals surface area (Å²) in [6.45, 7) is 0. The average molecular weight is 382 g/mol. The topological polar surface area (TPSA) is 197 Å². The number of unbranched alkanes of at least 4 members (excludes halogenated alkanes) is 2. The summed E-state index contributed by atoms with van der Waals surface area (Å²) in [6, 6.07) is 3.43. The average Bonchev–Trinajstić information content (AvgIpc) is 2.58. The molecule has 0 aromatic heterocycles. The predicted molar refractivity (Wildman–Crippen MR) is 88.2 cm³/mol. The molecule has 0 amide bonds. The van der Waals surface area contributed by atoms with Crippen molar-refractivity contribution in [1.82, 2.24) is 0 Å². The predicted octanol–water partition coefficient (Wildman–Crippen LogP) is 1.86. The van der Waals surface area contributed by atoms with Gasteiger partial charge in [0.05, 0.1) is 12.1 Å². The van der Waals surface area contributed by atoms with Crippen LogP contribution in [0.25, 0.3) is 0 Å². The van der Waals surface area contributed by atoms with Crippen LogP contribution in [0, 0.1) is 33.5 Å². The van der Waals surface area contributed by atoms with E-state index in [0.29, 0.717) is 0 Å². The third kappa shape index (κ3) is 5.96. The lowest BCUT2D eigenvalue weighted by Crippen LogP contribution is -2.40. The van der Waals surface area contributed by atoms with Crippen LogP contribution in [0.1, 0.15) is 57.8 Å². The first-order valence-electron chi connectivity index (χ1n) is 8.28. The summed E-state index contributed by atoms with van der Waals surface area (Å²) in [6.07, 6.45) is -1.29. The first-order chi connectivity index (χ1) is 12.6. The largest absolute Gasteiger partial charge is 0.480 e. The normalized spacial score (nSPS) is 11.2. The molecule has 0 aliphatic carbocycles. The van der Waals surface area contributed by atoms with E-state index in [2.05, 4.69) is 0 Å². The van der Waals surface area contributed by atoms with Crippen LogP contribution in [-0.4, -0.2) is 44.3 Å². The fourth-order valence-electron chi connectivity index (χ4n) is 2.86. The van der Waals surface area contributed by atoms with Gasteiger partial charge < -0.3 is 20.4 Å². The van der Waals surface area contributed by atoms with Crippen molar-refractivity contribution in [3.05, 3.63) is 0 Å². The van der Waals surface area contributed by atoms with Crippen LogP contribution in [0.5, 0.6) is 0 Å². The Morgan fingerprint density at radius 2 is 0.889 bits per heavy atom. The van der Waals surface area contributed by atoms with Gasteiger partial charge in [-0.2, -0.15) is 10.5 Å². The van der Waals surface area contributed by atoms with E-state index in [4.69, 9.17) is 10.5 Å². The molecule has 0 aromatic rings. The van der Waals surface area contributed by atoms with Crippen molar-refractivity contribution < 1.29 is 39.6 Å². The maximum absolute atomic E-state index is 11.4. The monoisotopic (exact) mass is 382 g/mol. The number of aliphatic carboxylic acids is 4. The molecule has 148 valence electrons. The second-order valence-corrected chi connectivity index (χ2v) is 6.26. The van der Waals surface area contributed by atoms with Crippen LogP contribution in [0.3, 0.4) is 0 Å². The zero-order valence-corrected chi connectivity index (χ0v) is 14.7. The molecule has 0 saturated heterocycles. The summed E-state index contributed by atoms with van der Waals surface area (Å²) < 4.78 is 0. The third-order valence-electron chi connectivity index (χ3n) is 4.67. The van der Waals surface area contributed by atoms with Crippen LogP contribution in [-0.2, 0) is 19.2 Å². The maximum Gasteiger partial charge on any atom is 0.321 e. The van der Waals surface area contributed by atoms with E-state index in [-0.39, 0.29) is 57.8 Å². The van der Waals surface area contributed by atoms with Gasteiger partial charge in [0, 0.05) is 12.8 Å². The van der Waals surface area contributed by atoms with Crippen molar-refractivity contribution in [1.29, 1.82) is 10.5 Å². The van der Waals surface area contributed by atoms with Gasteiger partial charge in [-0.1, -0.05) is 19.3 Å². The zero-order chi connectivity index (χ0) is 21.1. The number of hydrogen-bond donors (Lipinski definition) is 4. The van der Waals surface area contributed by atoms with Crippen LogP contribution in [0.4, 0.5) is 0 Å². The van der Waals surface area contributed by atoms with E-state index in [0.717, 1.165) is 0 Å². The molecular formula is C17H22N2O8. The number of rotatable bonds is 14. The van der Waals surface area contributed by atoms with E-state index in [1.165, 1.54) is 0 Å². The molecular weight excluding hydrogens is 360 g/mol. The molecule has 0 saturated carbocycles. The molecule has 27 heavy (non-hydrogen) atoms. The van der Waals surface area contributed by atoms with Gasteiger partial charge in [-0.05, 0) is 25.7 Å². The number of nitrogens with zero attached hydrogens (tertiary/aromatic N) is 2. The number of nitriles is 2. The van der Waals surface area contributed by atoms with Gasteiger partial charge in [-0.15, -0.1) is 0 Å². The minimum Gasteiger partial charge on any atom is -0.480 e. The molecule has 10 heteroatoms. The van der Waals surface area contributed by atoms with Crippen LogP contribution in [0.2, 0.25) is 0 Å². The van der Waals surface area contributed by atoms with Gasteiger partial charge in [0.1, 0.15) is 0 Å². The Morgan fingerprint density at radius 1 is 0.593 bits per heavy atom. The highest BCUT2D eigenvalue weighted by atomic mass is 16.4. The minimum absolute atomic E-state index is 0.109.